The molecule has 1 fully saturated rings. The van der Waals surface area contributed by atoms with Crippen molar-refractivity contribution < 1.29 is 19.0 Å². The van der Waals surface area contributed by atoms with Gasteiger partial charge in [0.2, 0.25) is 0 Å². The van der Waals surface area contributed by atoms with Gasteiger partial charge in [-0.15, -0.1) is 0 Å². The standard InChI is InChI=1S/C23H21Cl2FN2O3/c1-31-18-11-10-14(24)12-15(18)21-20(23(29)30)27-22(13-6-3-2-4-7-13)28(21)17-9-5-8-16(25)19(17)26/h5,8-13H,2-4,6-7H2,1H3,(H,29,30). The molecule has 1 N–H and O–H groups in total. The number of halogens is 3. The van der Waals surface area contributed by atoms with Gasteiger partial charge >= 0.3 is 5.97 Å². The van der Waals surface area contributed by atoms with Gasteiger partial charge in [-0.1, -0.05) is 48.5 Å². The van der Waals surface area contributed by atoms with E-state index in [4.69, 9.17) is 27.9 Å². The SMILES string of the molecule is COc1ccc(Cl)cc1-c1c(C(=O)O)nc(C2CCCCC2)n1-c1cccc(Cl)c1F. The minimum absolute atomic E-state index is 0.00385. The van der Waals surface area contributed by atoms with Gasteiger partial charge in [0.25, 0.3) is 0 Å². The van der Waals surface area contributed by atoms with Gasteiger partial charge in [-0.25, -0.2) is 14.2 Å². The number of hydrogen-bond acceptors (Lipinski definition) is 3. The number of nitrogens with zero attached hydrogens (tertiary/aromatic N) is 2. The summed E-state index contributed by atoms with van der Waals surface area (Å²) in [6, 6.07) is 9.55. The van der Waals surface area contributed by atoms with E-state index in [0.717, 1.165) is 32.1 Å². The van der Waals surface area contributed by atoms with Crippen LogP contribution in [0.5, 0.6) is 5.75 Å². The molecule has 0 aliphatic heterocycles. The van der Waals surface area contributed by atoms with Crippen molar-refractivity contribution in [3.63, 3.8) is 0 Å². The number of methoxy groups -OCH3 is 1. The van der Waals surface area contributed by atoms with Crippen LogP contribution in [0.3, 0.4) is 0 Å². The summed E-state index contributed by atoms with van der Waals surface area (Å²) in [6.45, 7) is 0. The van der Waals surface area contributed by atoms with Gasteiger partial charge in [-0.05, 0) is 43.2 Å². The Kier molecular flexibility index (Phi) is 6.21. The lowest BCUT2D eigenvalue weighted by Gasteiger charge is -2.23. The van der Waals surface area contributed by atoms with E-state index < -0.39 is 11.8 Å². The normalized spacial score (nSPS) is 14.6. The van der Waals surface area contributed by atoms with Gasteiger partial charge in [0, 0.05) is 16.5 Å². The van der Waals surface area contributed by atoms with Crippen LogP contribution in [0.4, 0.5) is 4.39 Å². The molecular formula is C23H21Cl2FN2O3. The molecule has 3 aromatic rings. The number of imidazole rings is 1. The first kappa shape index (κ1) is 21.7. The number of benzene rings is 2. The number of carbonyl (C=O) groups is 1. The molecule has 31 heavy (non-hydrogen) atoms. The zero-order chi connectivity index (χ0) is 22.1. The van der Waals surface area contributed by atoms with E-state index >= 15 is 4.39 Å². The molecule has 4 rings (SSSR count). The highest BCUT2D eigenvalue weighted by atomic mass is 35.5. The van der Waals surface area contributed by atoms with Gasteiger partial charge in [0.05, 0.1) is 23.5 Å². The second kappa shape index (κ2) is 8.89. The third-order valence-electron chi connectivity index (χ3n) is 5.67. The number of aromatic carboxylic acids is 1. The average molecular weight is 463 g/mol. The van der Waals surface area contributed by atoms with Crippen LogP contribution in [0, 0.1) is 5.82 Å². The Bertz CT molecular complexity index is 1140. The van der Waals surface area contributed by atoms with E-state index in [1.165, 1.54) is 13.2 Å². The van der Waals surface area contributed by atoms with Gasteiger partial charge in [0.15, 0.2) is 11.5 Å². The molecule has 1 heterocycles. The molecule has 1 aliphatic rings. The van der Waals surface area contributed by atoms with Crippen LogP contribution >= 0.6 is 23.2 Å². The summed E-state index contributed by atoms with van der Waals surface area (Å²) in [6.07, 6.45) is 4.83. The Labute approximate surface area is 189 Å². The maximum atomic E-state index is 15.2. The van der Waals surface area contributed by atoms with Gasteiger partial charge < -0.3 is 9.84 Å². The lowest BCUT2D eigenvalue weighted by Crippen LogP contribution is -2.13. The molecular weight excluding hydrogens is 442 g/mol. The van der Waals surface area contributed by atoms with Crippen LogP contribution in [-0.4, -0.2) is 27.7 Å². The highest BCUT2D eigenvalue weighted by Gasteiger charge is 2.32. The molecule has 1 saturated carbocycles. The monoisotopic (exact) mass is 462 g/mol. The zero-order valence-corrected chi connectivity index (χ0v) is 18.4. The van der Waals surface area contributed by atoms with Crippen LogP contribution in [0.2, 0.25) is 10.0 Å². The summed E-state index contributed by atoms with van der Waals surface area (Å²) in [5.74, 6) is -0.932. The topological polar surface area (TPSA) is 64.3 Å². The Morgan fingerprint density at radius 2 is 1.94 bits per heavy atom. The molecule has 1 aromatic heterocycles. The Morgan fingerprint density at radius 3 is 2.61 bits per heavy atom. The van der Waals surface area contributed by atoms with Gasteiger partial charge in [-0.3, -0.25) is 4.57 Å². The van der Waals surface area contributed by atoms with Crippen LogP contribution in [0.15, 0.2) is 36.4 Å². The van der Waals surface area contributed by atoms with Crippen molar-refractivity contribution in [2.45, 2.75) is 38.0 Å². The Morgan fingerprint density at radius 1 is 1.19 bits per heavy atom. The number of rotatable bonds is 5. The summed E-state index contributed by atoms with van der Waals surface area (Å²) in [7, 11) is 1.48. The predicted octanol–water partition coefficient (Wildman–Crippen LogP) is 6.74. The first-order valence-electron chi connectivity index (χ1n) is 10.1. The van der Waals surface area contributed by atoms with Gasteiger partial charge in [0.1, 0.15) is 11.6 Å². The van der Waals surface area contributed by atoms with E-state index in [0.29, 0.717) is 22.2 Å². The smallest absolute Gasteiger partial charge is 0.356 e. The van der Waals surface area contributed by atoms with Gasteiger partial charge in [-0.2, -0.15) is 0 Å². The van der Waals surface area contributed by atoms with E-state index in [-0.39, 0.29) is 28.0 Å². The predicted molar refractivity (Wildman–Crippen MR) is 118 cm³/mol. The molecule has 0 atom stereocenters. The molecule has 0 unspecified atom stereocenters. The second-order valence-electron chi connectivity index (χ2n) is 7.56. The number of carboxylic acids is 1. The van der Waals surface area contributed by atoms with E-state index in [1.807, 2.05) is 0 Å². The number of carboxylic acid groups (broad SMARTS) is 1. The minimum atomic E-state index is -1.21. The van der Waals surface area contributed by atoms with Crippen LogP contribution < -0.4 is 4.74 Å². The summed E-state index contributed by atoms with van der Waals surface area (Å²) in [5, 5.41) is 10.3. The first-order valence-corrected chi connectivity index (χ1v) is 10.8. The number of aromatic nitrogens is 2. The quantitative estimate of drug-likeness (QED) is 0.455. The third-order valence-corrected chi connectivity index (χ3v) is 6.19. The maximum absolute atomic E-state index is 15.2. The molecule has 162 valence electrons. The molecule has 8 heteroatoms. The molecule has 0 amide bonds. The molecule has 5 nitrogen and oxygen atoms in total. The van der Waals surface area contributed by atoms with Crippen molar-refractivity contribution in [3.05, 3.63) is 63.8 Å². The summed E-state index contributed by atoms with van der Waals surface area (Å²) in [5.41, 5.74) is 0.598. The molecule has 0 bridgehead atoms. The largest absolute Gasteiger partial charge is 0.496 e. The lowest BCUT2D eigenvalue weighted by atomic mass is 9.88. The maximum Gasteiger partial charge on any atom is 0.356 e. The Balaban J connectivity index is 2.10. The Hall–Kier alpha value is -2.57. The highest BCUT2D eigenvalue weighted by Crippen LogP contribution is 2.42. The van der Waals surface area contributed by atoms with E-state index in [1.54, 1.807) is 34.9 Å². The van der Waals surface area contributed by atoms with Crippen LogP contribution in [-0.2, 0) is 0 Å². The second-order valence-corrected chi connectivity index (χ2v) is 8.40. The van der Waals surface area contributed by atoms with Crippen LogP contribution in [0.25, 0.3) is 16.9 Å². The van der Waals surface area contributed by atoms with Crippen molar-refractivity contribution in [1.29, 1.82) is 0 Å². The number of ether oxygens (including phenoxy) is 1. The fourth-order valence-electron chi connectivity index (χ4n) is 4.24. The summed E-state index contributed by atoms with van der Waals surface area (Å²) in [4.78, 5) is 16.8. The van der Waals surface area contributed by atoms with Crippen molar-refractivity contribution in [2.75, 3.05) is 7.11 Å². The lowest BCUT2D eigenvalue weighted by molar-refractivity contribution is 0.0691. The van der Waals surface area contributed by atoms with Crippen molar-refractivity contribution in [2.24, 2.45) is 0 Å². The number of hydrogen-bond donors (Lipinski definition) is 1. The average Bonchev–Trinajstić information content (AvgIpc) is 3.17. The molecule has 0 spiro atoms. The first-order chi connectivity index (χ1) is 14.9. The van der Waals surface area contributed by atoms with E-state index in [2.05, 4.69) is 4.98 Å². The molecule has 2 aromatic carbocycles. The van der Waals surface area contributed by atoms with Crippen molar-refractivity contribution >= 4 is 29.2 Å². The fraction of sp³-hybridized carbons (Fsp3) is 0.304. The van der Waals surface area contributed by atoms with Crippen LogP contribution in [0.1, 0.15) is 54.3 Å². The zero-order valence-electron chi connectivity index (χ0n) is 16.9. The molecule has 1 aliphatic carbocycles. The summed E-state index contributed by atoms with van der Waals surface area (Å²) >= 11 is 12.3. The highest BCUT2D eigenvalue weighted by molar-refractivity contribution is 6.31. The van der Waals surface area contributed by atoms with E-state index in [9.17, 15) is 9.90 Å². The van der Waals surface area contributed by atoms with Crippen molar-refractivity contribution in [1.82, 2.24) is 9.55 Å². The third kappa shape index (κ3) is 4.02. The summed E-state index contributed by atoms with van der Waals surface area (Å²) < 4.78 is 22.3. The van der Waals surface area contributed by atoms with Crippen molar-refractivity contribution in [3.8, 4) is 22.7 Å². The molecule has 0 radical (unpaired) electrons. The fourth-order valence-corrected chi connectivity index (χ4v) is 4.59. The minimum Gasteiger partial charge on any atom is -0.496 e. The molecule has 0 saturated heterocycles.